The fraction of sp³-hybridized carbons (Fsp3) is 0.188. The molecule has 27 heavy (non-hydrogen) atoms. The van der Waals surface area contributed by atoms with E-state index in [0.29, 0.717) is 5.56 Å². The number of hydrogen-bond acceptors (Lipinski definition) is 4. The third-order valence-electron chi connectivity index (χ3n) is 3.29. The lowest BCUT2D eigenvalue weighted by molar-refractivity contribution is 0.0944. The molecule has 0 saturated heterocycles. The van der Waals surface area contributed by atoms with Gasteiger partial charge in [-0.2, -0.15) is 30.7 Å². The number of carbonyl (C=O) groups excluding carboxylic acids is 1. The third kappa shape index (κ3) is 4.53. The van der Waals surface area contributed by atoms with Crippen molar-refractivity contribution in [1.29, 1.82) is 0 Å². The van der Waals surface area contributed by atoms with Gasteiger partial charge in [0.15, 0.2) is 11.6 Å². The zero-order valence-corrected chi connectivity index (χ0v) is 15.9. The summed E-state index contributed by atoms with van der Waals surface area (Å²) in [7, 11) is -4.77. The first kappa shape index (κ1) is 22.8. The summed E-state index contributed by atoms with van der Waals surface area (Å²) >= 11 is 0. The van der Waals surface area contributed by atoms with E-state index >= 15 is 0 Å². The van der Waals surface area contributed by atoms with Gasteiger partial charge in [0, 0.05) is 6.54 Å². The van der Waals surface area contributed by atoms with Crippen molar-refractivity contribution in [3.05, 3.63) is 58.7 Å². The molecule has 1 N–H and O–H groups in total. The van der Waals surface area contributed by atoms with Crippen LogP contribution < -0.4 is 9.50 Å². The van der Waals surface area contributed by atoms with Crippen LogP contribution in [0.1, 0.15) is 22.8 Å². The van der Waals surface area contributed by atoms with Crippen molar-refractivity contribution in [3.8, 4) is 5.75 Å². The van der Waals surface area contributed by atoms with Crippen LogP contribution in [-0.2, 0) is 10.1 Å². The molecule has 0 bridgehead atoms. The number of nitrogens with one attached hydrogen (secondary N) is 1. The minimum absolute atomic E-state index is 0. The van der Waals surface area contributed by atoms with Gasteiger partial charge in [0.05, 0.1) is 0 Å². The summed E-state index contributed by atoms with van der Waals surface area (Å²) in [5.41, 5.74) is -0.813. The second-order valence-electron chi connectivity index (χ2n) is 5.17. The smallest absolute Gasteiger partial charge is 0.339 e. The predicted octanol–water partition coefficient (Wildman–Crippen LogP) is 3.18. The Labute approximate surface area is 159 Å². The Morgan fingerprint density at radius 2 is 1.48 bits per heavy atom. The van der Waals surface area contributed by atoms with Crippen LogP contribution in [0.3, 0.4) is 0 Å². The van der Waals surface area contributed by atoms with Crippen LogP contribution in [0.25, 0.3) is 0 Å². The molecule has 0 aliphatic heterocycles. The molecule has 0 aliphatic carbocycles. The highest BCUT2D eigenvalue weighted by Crippen LogP contribution is 2.32. The van der Waals surface area contributed by atoms with Gasteiger partial charge in [-0.25, -0.2) is 8.78 Å². The van der Waals surface area contributed by atoms with Crippen LogP contribution in [0.4, 0.5) is 17.6 Å². The second-order valence-corrected chi connectivity index (χ2v) is 6.72. The summed E-state index contributed by atoms with van der Waals surface area (Å²) in [5.74, 6) is -11.6. The number of amides is 1. The molecule has 5 nitrogen and oxygen atoms in total. The first-order chi connectivity index (χ1) is 12.1. The predicted molar refractivity (Wildman–Crippen MR) is 93.7 cm³/mol. The van der Waals surface area contributed by atoms with E-state index in [2.05, 4.69) is 4.18 Å². The van der Waals surface area contributed by atoms with Gasteiger partial charge in [-0.05, 0) is 26.0 Å². The third-order valence-corrected chi connectivity index (χ3v) is 4.53. The average Bonchev–Trinajstić information content (AvgIpc) is 2.58. The van der Waals surface area contributed by atoms with Gasteiger partial charge >= 0.3 is 10.1 Å². The number of aryl methyl sites for hydroxylation is 1. The molecule has 0 aromatic heterocycles. The highest BCUT2D eigenvalue weighted by molar-refractivity contribution is 7.87. The first-order valence-electron chi connectivity index (χ1n) is 7.25. The first-order valence-corrected chi connectivity index (χ1v) is 8.66. The molecule has 0 aliphatic rings. The fourth-order valence-electron chi connectivity index (χ4n) is 2.00. The molecule has 0 heterocycles. The van der Waals surface area contributed by atoms with Gasteiger partial charge in [-0.3, -0.25) is 4.79 Å². The maximum Gasteiger partial charge on any atom is 0.339 e. The van der Waals surface area contributed by atoms with Crippen molar-refractivity contribution in [2.75, 3.05) is 6.54 Å². The SMILES string of the molecule is CCNC(=O)c1c(F)c(F)c(OS(=O)(=O)c2ccc(C)cc2)c(F)c1F.S. The van der Waals surface area contributed by atoms with Crippen LogP contribution >= 0.6 is 13.5 Å². The van der Waals surface area contributed by atoms with Crippen molar-refractivity contribution >= 4 is 29.5 Å². The molecule has 2 aromatic carbocycles. The molecule has 0 spiro atoms. The molecule has 2 aromatic rings. The highest BCUT2D eigenvalue weighted by Gasteiger charge is 2.33. The van der Waals surface area contributed by atoms with Gasteiger partial charge in [-0.15, -0.1) is 0 Å². The number of hydrogen-bond donors (Lipinski definition) is 1. The van der Waals surface area contributed by atoms with Gasteiger partial charge in [-0.1, -0.05) is 17.7 Å². The van der Waals surface area contributed by atoms with Crippen molar-refractivity contribution in [2.45, 2.75) is 18.7 Å². The zero-order chi connectivity index (χ0) is 19.6. The number of benzene rings is 2. The Balaban J connectivity index is 0.00000364. The number of carbonyl (C=O) groups is 1. The molecular formula is C16H15F4NO4S2. The lowest BCUT2D eigenvalue weighted by Crippen LogP contribution is -2.26. The lowest BCUT2D eigenvalue weighted by atomic mass is 10.1. The van der Waals surface area contributed by atoms with E-state index in [1.54, 1.807) is 6.92 Å². The lowest BCUT2D eigenvalue weighted by Gasteiger charge is -2.13. The Morgan fingerprint density at radius 1 is 1.00 bits per heavy atom. The highest BCUT2D eigenvalue weighted by atomic mass is 32.2. The Morgan fingerprint density at radius 3 is 1.93 bits per heavy atom. The molecule has 0 saturated carbocycles. The van der Waals surface area contributed by atoms with E-state index in [4.69, 9.17) is 0 Å². The van der Waals surface area contributed by atoms with Crippen molar-refractivity contribution in [1.82, 2.24) is 5.32 Å². The summed E-state index contributed by atoms with van der Waals surface area (Å²) in [5, 5.41) is 1.99. The second kappa shape index (κ2) is 8.61. The molecule has 0 radical (unpaired) electrons. The topological polar surface area (TPSA) is 72.5 Å². The van der Waals surface area contributed by atoms with E-state index in [1.807, 2.05) is 5.32 Å². The van der Waals surface area contributed by atoms with Crippen molar-refractivity contribution in [3.63, 3.8) is 0 Å². The Kier molecular flexibility index (Phi) is 7.26. The van der Waals surface area contributed by atoms with Crippen LogP contribution in [0.15, 0.2) is 29.2 Å². The molecule has 0 atom stereocenters. The van der Waals surface area contributed by atoms with Gasteiger partial charge in [0.25, 0.3) is 5.91 Å². The fourth-order valence-corrected chi connectivity index (χ4v) is 2.93. The van der Waals surface area contributed by atoms with E-state index in [9.17, 15) is 30.8 Å². The van der Waals surface area contributed by atoms with E-state index in [0.717, 1.165) is 12.1 Å². The minimum Gasteiger partial charge on any atom is -0.372 e. The molecular weight excluding hydrogens is 410 g/mol. The molecule has 11 heteroatoms. The van der Waals surface area contributed by atoms with Crippen molar-refractivity contribution < 1.29 is 35.0 Å². The Hall–Kier alpha value is -2.27. The van der Waals surface area contributed by atoms with Crippen molar-refractivity contribution in [2.24, 2.45) is 0 Å². The maximum atomic E-state index is 14.1. The van der Waals surface area contributed by atoms with E-state index in [-0.39, 0.29) is 20.0 Å². The van der Waals surface area contributed by atoms with E-state index in [1.165, 1.54) is 19.1 Å². The van der Waals surface area contributed by atoms with Gasteiger partial charge < -0.3 is 9.50 Å². The number of rotatable bonds is 5. The van der Waals surface area contributed by atoms with Gasteiger partial charge in [0.2, 0.25) is 17.4 Å². The van der Waals surface area contributed by atoms with Crippen LogP contribution in [-0.4, -0.2) is 20.9 Å². The molecule has 2 rings (SSSR count). The number of halogens is 4. The summed E-state index contributed by atoms with van der Waals surface area (Å²) < 4.78 is 84.5. The summed E-state index contributed by atoms with van der Waals surface area (Å²) in [6.45, 7) is 3.04. The van der Waals surface area contributed by atoms with Crippen LogP contribution in [0.2, 0.25) is 0 Å². The quantitative estimate of drug-likeness (QED) is 0.454. The monoisotopic (exact) mass is 425 g/mol. The maximum absolute atomic E-state index is 14.1. The van der Waals surface area contributed by atoms with E-state index < -0.39 is 55.5 Å². The molecule has 1 amide bonds. The Bertz CT molecular complexity index is 934. The molecule has 0 unspecified atom stereocenters. The van der Waals surface area contributed by atoms with Crippen LogP contribution in [0.5, 0.6) is 5.75 Å². The molecule has 0 fully saturated rings. The minimum atomic E-state index is -4.77. The molecule has 148 valence electrons. The average molecular weight is 425 g/mol. The summed E-state index contributed by atoms with van der Waals surface area (Å²) in [6.07, 6.45) is 0. The van der Waals surface area contributed by atoms with Crippen LogP contribution in [0, 0.1) is 30.2 Å². The zero-order valence-electron chi connectivity index (χ0n) is 14.1. The summed E-state index contributed by atoms with van der Waals surface area (Å²) in [6, 6.07) is 4.97. The summed E-state index contributed by atoms with van der Waals surface area (Å²) in [4.78, 5) is 11.1. The standard InChI is InChI=1S/C16H13F4NO4S.H2S/c1-3-21-16(22)10-11(17)13(19)15(14(20)12(10)18)25-26(23,24)9-6-4-8(2)5-7-9;/h4-7H,3H2,1-2H3,(H,21,22);1H2. The van der Waals surface area contributed by atoms with Gasteiger partial charge in [0.1, 0.15) is 10.5 Å². The largest absolute Gasteiger partial charge is 0.372 e. The normalized spacial score (nSPS) is 10.9.